The highest BCUT2D eigenvalue weighted by atomic mass is 19.1. The minimum atomic E-state index is -1.53. The number of nitro groups is 1. The van der Waals surface area contributed by atoms with Crippen molar-refractivity contribution in [1.82, 2.24) is 5.32 Å². The summed E-state index contributed by atoms with van der Waals surface area (Å²) in [4.78, 5) is 32.7. The average molecular weight is 284 g/mol. The molecule has 1 rings (SSSR count). The molecule has 20 heavy (non-hydrogen) atoms. The minimum absolute atomic E-state index is 0.103. The molecule has 0 spiro atoms. The van der Waals surface area contributed by atoms with Crippen LogP contribution in [0.2, 0.25) is 0 Å². The van der Waals surface area contributed by atoms with Crippen LogP contribution in [0.15, 0.2) is 18.2 Å². The molecule has 0 fully saturated rings. The van der Waals surface area contributed by atoms with Gasteiger partial charge < -0.3 is 10.4 Å². The Morgan fingerprint density at radius 3 is 2.50 bits per heavy atom. The Morgan fingerprint density at radius 2 is 2.05 bits per heavy atom. The lowest BCUT2D eigenvalue weighted by Gasteiger charge is -2.24. The number of aliphatic carboxylic acids is 1. The molecule has 1 amide bonds. The van der Waals surface area contributed by atoms with Crippen molar-refractivity contribution >= 4 is 17.6 Å². The Labute approximate surface area is 113 Å². The van der Waals surface area contributed by atoms with Gasteiger partial charge >= 0.3 is 5.97 Å². The summed E-state index contributed by atoms with van der Waals surface area (Å²) in [5.74, 6) is -3.09. The molecule has 0 saturated carbocycles. The summed E-state index contributed by atoms with van der Waals surface area (Å²) in [5.41, 5.74) is -2.42. The highest BCUT2D eigenvalue weighted by Gasteiger charge is 2.33. The monoisotopic (exact) mass is 284 g/mol. The van der Waals surface area contributed by atoms with E-state index in [2.05, 4.69) is 5.32 Å². The number of carboxylic acid groups (broad SMARTS) is 1. The Bertz CT molecular complexity index is 575. The van der Waals surface area contributed by atoms with Gasteiger partial charge in [0, 0.05) is 11.6 Å². The summed E-state index contributed by atoms with van der Waals surface area (Å²) in [6, 6.07) is 2.36. The summed E-state index contributed by atoms with van der Waals surface area (Å²) >= 11 is 0. The van der Waals surface area contributed by atoms with Gasteiger partial charge in [-0.3, -0.25) is 14.9 Å². The third-order valence-electron chi connectivity index (χ3n) is 2.92. The van der Waals surface area contributed by atoms with Crippen LogP contribution in [-0.4, -0.2) is 27.4 Å². The van der Waals surface area contributed by atoms with Gasteiger partial charge in [0.1, 0.15) is 11.4 Å². The van der Waals surface area contributed by atoms with Crippen molar-refractivity contribution in [3.8, 4) is 0 Å². The summed E-state index contributed by atoms with van der Waals surface area (Å²) < 4.78 is 13.2. The van der Waals surface area contributed by atoms with E-state index in [0.717, 1.165) is 12.1 Å². The maximum Gasteiger partial charge on any atom is 0.329 e. The molecule has 0 aliphatic rings. The first-order valence-corrected chi connectivity index (χ1v) is 5.70. The van der Waals surface area contributed by atoms with E-state index in [9.17, 15) is 24.1 Å². The van der Waals surface area contributed by atoms with Crippen LogP contribution in [0.4, 0.5) is 10.1 Å². The number of nitro benzene ring substituents is 1. The molecule has 0 radical (unpaired) electrons. The van der Waals surface area contributed by atoms with Crippen LogP contribution in [-0.2, 0) is 4.79 Å². The fraction of sp³-hybridized carbons (Fsp3) is 0.333. The SMILES string of the molecule is CCC(C)(NC(=O)c1cc(F)cc([N+](=O)[O-])c1)C(=O)O. The molecule has 1 aromatic rings. The van der Waals surface area contributed by atoms with Crippen LogP contribution < -0.4 is 5.32 Å². The summed E-state index contributed by atoms with van der Waals surface area (Å²) in [7, 11) is 0. The predicted molar refractivity (Wildman–Crippen MR) is 66.9 cm³/mol. The maximum absolute atomic E-state index is 13.2. The smallest absolute Gasteiger partial charge is 0.329 e. The Balaban J connectivity index is 3.10. The topological polar surface area (TPSA) is 110 Å². The molecule has 1 unspecified atom stereocenters. The molecule has 0 bridgehead atoms. The summed E-state index contributed by atoms with van der Waals surface area (Å²) in [6.07, 6.45) is 0.103. The van der Waals surface area contributed by atoms with E-state index < -0.39 is 33.8 Å². The van der Waals surface area contributed by atoms with Gasteiger partial charge in [-0.1, -0.05) is 6.92 Å². The molecule has 0 heterocycles. The molecular formula is C12H13FN2O5. The predicted octanol–water partition coefficient (Wildman–Crippen LogP) is 1.72. The number of halogens is 1. The van der Waals surface area contributed by atoms with Crippen molar-refractivity contribution in [2.75, 3.05) is 0 Å². The highest BCUT2D eigenvalue weighted by molar-refractivity contribution is 5.98. The van der Waals surface area contributed by atoms with Crippen LogP contribution in [0.3, 0.4) is 0 Å². The van der Waals surface area contributed by atoms with Crippen molar-refractivity contribution < 1.29 is 24.0 Å². The first kappa shape index (κ1) is 15.5. The number of carboxylic acids is 1. The van der Waals surface area contributed by atoms with Crippen molar-refractivity contribution in [2.45, 2.75) is 25.8 Å². The zero-order chi connectivity index (χ0) is 15.5. The quantitative estimate of drug-likeness (QED) is 0.632. The number of hydrogen-bond donors (Lipinski definition) is 2. The minimum Gasteiger partial charge on any atom is -0.480 e. The van der Waals surface area contributed by atoms with Crippen molar-refractivity contribution in [1.29, 1.82) is 0 Å². The van der Waals surface area contributed by atoms with E-state index in [1.54, 1.807) is 6.92 Å². The van der Waals surface area contributed by atoms with Crippen LogP contribution in [0.1, 0.15) is 30.6 Å². The molecule has 1 aromatic carbocycles. The van der Waals surface area contributed by atoms with E-state index in [1.807, 2.05) is 0 Å². The van der Waals surface area contributed by atoms with Gasteiger partial charge in [0.05, 0.1) is 11.0 Å². The van der Waals surface area contributed by atoms with Gasteiger partial charge in [0.2, 0.25) is 0 Å². The second-order valence-corrected chi connectivity index (χ2v) is 4.40. The third kappa shape index (κ3) is 3.28. The molecule has 7 nitrogen and oxygen atoms in total. The fourth-order valence-corrected chi connectivity index (χ4v) is 1.43. The first-order chi connectivity index (χ1) is 9.19. The molecule has 1 atom stereocenters. The van der Waals surface area contributed by atoms with E-state index in [0.29, 0.717) is 6.07 Å². The largest absolute Gasteiger partial charge is 0.480 e. The number of carbonyl (C=O) groups excluding carboxylic acids is 1. The van der Waals surface area contributed by atoms with Crippen molar-refractivity contribution in [2.24, 2.45) is 0 Å². The van der Waals surface area contributed by atoms with E-state index in [-0.39, 0.29) is 12.0 Å². The lowest BCUT2D eigenvalue weighted by Crippen LogP contribution is -2.51. The number of non-ortho nitro benzene ring substituents is 1. The van der Waals surface area contributed by atoms with Gasteiger partial charge in [0.15, 0.2) is 0 Å². The summed E-state index contributed by atoms with van der Waals surface area (Å²) in [6.45, 7) is 2.85. The lowest BCUT2D eigenvalue weighted by molar-refractivity contribution is -0.385. The zero-order valence-electron chi connectivity index (χ0n) is 10.8. The Kier molecular flexibility index (Phi) is 4.38. The zero-order valence-corrected chi connectivity index (χ0v) is 10.8. The van der Waals surface area contributed by atoms with E-state index in [1.165, 1.54) is 6.92 Å². The number of amides is 1. The molecular weight excluding hydrogens is 271 g/mol. The van der Waals surface area contributed by atoms with Gasteiger partial charge in [-0.25, -0.2) is 9.18 Å². The Morgan fingerprint density at radius 1 is 1.45 bits per heavy atom. The molecule has 0 aromatic heterocycles. The van der Waals surface area contributed by atoms with Crippen molar-refractivity contribution in [3.05, 3.63) is 39.7 Å². The first-order valence-electron chi connectivity index (χ1n) is 5.70. The molecule has 108 valence electrons. The second kappa shape index (κ2) is 5.64. The third-order valence-corrected chi connectivity index (χ3v) is 2.92. The number of benzene rings is 1. The van der Waals surface area contributed by atoms with Gasteiger partial charge in [0.25, 0.3) is 11.6 Å². The highest BCUT2D eigenvalue weighted by Crippen LogP contribution is 2.18. The van der Waals surface area contributed by atoms with Gasteiger partial charge in [-0.2, -0.15) is 0 Å². The molecule has 0 aliphatic carbocycles. The number of carbonyl (C=O) groups is 2. The van der Waals surface area contributed by atoms with Crippen LogP contribution in [0.5, 0.6) is 0 Å². The standard InChI is InChI=1S/C12H13FN2O5/c1-3-12(2,11(17)18)14-10(16)7-4-8(13)6-9(5-7)15(19)20/h4-6H,3H2,1-2H3,(H,14,16)(H,17,18). The molecule has 8 heteroatoms. The Hall–Kier alpha value is -2.51. The number of nitrogens with one attached hydrogen (secondary N) is 1. The maximum atomic E-state index is 13.2. The van der Waals surface area contributed by atoms with Crippen LogP contribution in [0, 0.1) is 15.9 Å². The summed E-state index contributed by atoms with van der Waals surface area (Å²) in [5, 5.41) is 21.8. The van der Waals surface area contributed by atoms with Crippen molar-refractivity contribution in [3.63, 3.8) is 0 Å². The number of nitrogens with zero attached hydrogens (tertiary/aromatic N) is 1. The van der Waals surface area contributed by atoms with Gasteiger partial charge in [-0.05, 0) is 19.4 Å². The van der Waals surface area contributed by atoms with E-state index >= 15 is 0 Å². The lowest BCUT2D eigenvalue weighted by atomic mass is 9.98. The normalized spacial score (nSPS) is 13.3. The van der Waals surface area contributed by atoms with Gasteiger partial charge in [-0.15, -0.1) is 0 Å². The number of hydrogen-bond acceptors (Lipinski definition) is 4. The molecule has 2 N–H and O–H groups in total. The molecule has 0 aliphatic heterocycles. The number of rotatable bonds is 5. The fourth-order valence-electron chi connectivity index (χ4n) is 1.43. The van der Waals surface area contributed by atoms with Crippen LogP contribution in [0.25, 0.3) is 0 Å². The second-order valence-electron chi connectivity index (χ2n) is 4.40. The van der Waals surface area contributed by atoms with E-state index in [4.69, 9.17) is 5.11 Å². The average Bonchev–Trinajstić information content (AvgIpc) is 2.37. The molecule has 0 saturated heterocycles. The van der Waals surface area contributed by atoms with Crippen LogP contribution >= 0.6 is 0 Å².